The molecule has 1 amide bonds. The summed E-state index contributed by atoms with van der Waals surface area (Å²) in [7, 11) is 0. The molecule has 0 radical (unpaired) electrons. The third kappa shape index (κ3) is 3.70. The van der Waals surface area contributed by atoms with Gasteiger partial charge in [-0.2, -0.15) is 0 Å². The normalized spacial score (nSPS) is 15.3. The monoisotopic (exact) mass is 369 g/mol. The number of anilines is 1. The summed E-state index contributed by atoms with van der Waals surface area (Å²) in [5.41, 5.74) is 1.94. The molecule has 1 aliphatic rings. The molecule has 3 aromatic rings. The molecule has 1 fully saturated rings. The van der Waals surface area contributed by atoms with Gasteiger partial charge < -0.3 is 10.2 Å². The smallest absolute Gasteiger partial charge is 0.223 e. The Morgan fingerprint density at radius 1 is 1.15 bits per heavy atom. The molecule has 26 heavy (non-hydrogen) atoms. The minimum absolute atomic E-state index is 0.0288. The second-order valence-electron chi connectivity index (χ2n) is 6.57. The quantitative estimate of drug-likeness (QED) is 0.757. The zero-order valence-electron chi connectivity index (χ0n) is 14.3. The van der Waals surface area contributed by atoms with Crippen molar-refractivity contribution >= 4 is 32.6 Å². The number of para-hydroxylation sites is 1. The number of piperidine rings is 1. The topological polar surface area (TPSA) is 45.2 Å². The Morgan fingerprint density at radius 2 is 1.88 bits per heavy atom. The first-order valence-corrected chi connectivity index (χ1v) is 9.63. The number of fused-ring (bicyclic) bond motifs is 1. The standard InChI is InChI=1S/C20H20FN3OS/c21-16-7-5-14(6-8-16)13-22-19(25)15-9-11-24(12-10-15)20-23-17-3-1-2-4-18(17)26-20/h1-8,15H,9-13H2,(H,22,25). The highest BCUT2D eigenvalue weighted by Gasteiger charge is 2.26. The van der Waals surface area contributed by atoms with Crippen LogP contribution in [0.4, 0.5) is 9.52 Å². The summed E-state index contributed by atoms with van der Waals surface area (Å²) >= 11 is 1.71. The van der Waals surface area contributed by atoms with Crippen LogP contribution >= 0.6 is 11.3 Å². The van der Waals surface area contributed by atoms with Gasteiger partial charge in [-0.1, -0.05) is 35.6 Å². The van der Waals surface area contributed by atoms with Gasteiger partial charge >= 0.3 is 0 Å². The predicted octanol–water partition coefficient (Wildman–Crippen LogP) is 3.97. The first-order valence-electron chi connectivity index (χ1n) is 8.82. The first-order chi connectivity index (χ1) is 12.7. The molecule has 0 spiro atoms. The van der Waals surface area contributed by atoms with Crippen molar-refractivity contribution < 1.29 is 9.18 Å². The Morgan fingerprint density at radius 3 is 2.62 bits per heavy atom. The van der Waals surface area contributed by atoms with Gasteiger partial charge in [-0.15, -0.1) is 0 Å². The number of thiazole rings is 1. The molecule has 2 aromatic carbocycles. The van der Waals surface area contributed by atoms with Crippen LogP contribution in [0.5, 0.6) is 0 Å². The summed E-state index contributed by atoms with van der Waals surface area (Å²) < 4.78 is 14.1. The highest BCUT2D eigenvalue weighted by Crippen LogP contribution is 2.31. The molecule has 0 unspecified atom stereocenters. The number of rotatable bonds is 4. The van der Waals surface area contributed by atoms with Crippen LogP contribution in [0.3, 0.4) is 0 Å². The van der Waals surface area contributed by atoms with Crippen molar-refractivity contribution in [1.82, 2.24) is 10.3 Å². The van der Waals surface area contributed by atoms with Crippen LogP contribution in [0.1, 0.15) is 18.4 Å². The van der Waals surface area contributed by atoms with Crippen LogP contribution in [0.2, 0.25) is 0 Å². The van der Waals surface area contributed by atoms with Gasteiger partial charge in [-0.3, -0.25) is 4.79 Å². The molecule has 0 bridgehead atoms. The molecule has 1 N–H and O–H groups in total. The number of hydrogen-bond donors (Lipinski definition) is 1. The molecule has 6 heteroatoms. The van der Waals surface area contributed by atoms with E-state index in [0.29, 0.717) is 6.54 Å². The van der Waals surface area contributed by atoms with Gasteiger partial charge in [0.05, 0.1) is 10.2 Å². The molecule has 1 saturated heterocycles. The molecule has 134 valence electrons. The lowest BCUT2D eigenvalue weighted by Crippen LogP contribution is -2.40. The molecule has 0 aliphatic carbocycles. The van der Waals surface area contributed by atoms with Gasteiger partial charge in [-0.25, -0.2) is 9.37 Å². The molecular formula is C20H20FN3OS. The fourth-order valence-electron chi connectivity index (χ4n) is 3.26. The van der Waals surface area contributed by atoms with Gasteiger partial charge in [-0.05, 0) is 42.7 Å². The Balaban J connectivity index is 1.31. The molecule has 1 aliphatic heterocycles. The number of aromatic nitrogens is 1. The molecule has 0 saturated carbocycles. The summed E-state index contributed by atoms with van der Waals surface area (Å²) in [5, 5.41) is 4.01. The van der Waals surface area contributed by atoms with E-state index in [1.165, 1.54) is 16.8 Å². The van der Waals surface area contributed by atoms with Gasteiger partial charge in [0.25, 0.3) is 0 Å². The Bertz CT molecular complexity index is 868. The van der Waals surface area contributed by atoms with Crippen molar-refractivity contribution in [2.45, 2.75) is 19.4 Å². The van der Waals surface area contributed by atoms with Crippen LogP contribution in [-0.2, 0) is 11.3 Å². The number of hydrogen-bond acceptors (Lipinski definition) is 4. The summed E-state index contributed by atoms with van der Waals surface area (Å²) in [5.74, 6) is -0.151. The summed E-state index contributed by atoms with van der Waals surface area (Å²) in [6, 6.07) is 14.4. The van der Waals surface area contributed by atoms with Crippen molar-refractivity contribution in [3.63, 3.8) is 0 Å². The maximum atomic E-state index is 12.9. The summed E-state index contributed by atoms with van der Waals surface area (Å²) in [6.07, 6.45) is 1.65. The van der Waals surface area contributed by atoms with E-state index in [4.69, 9.17) is 4.98 Å². The minimum atomic E-state index is -0.262. The lowest BCUT2D eigenvalue weighted by atomic mass is 9.96. The third-order valence-corrected chi connectivity index (χ3v) is 5.90. The number of amides is 1. The van der Waals surface area contributed by atoms with Crippen LogP contribution in [0.25, 0.3) is 10.2 Å². The zero-order valence-corrected chi connectivity index (χ0v) is 15.1. The van der Waals surface area contributed by atoms with Gasteiger partial charge in [0.2, 0.25) is 5.91 Å². The number of halogens is 1. The minimum Gasteiger partial charge on any atom is -0.352 e. The van der Waals surface area contributed by atoms with Crippen molar-refractivity contribution in [3.05, 3.63) is 59.9 Å². The number of nitrogens with zero attached hydrogens (tertiary/aromatic N) is 2. The van der Waals surface area contributed by atoms with E-state index in [9.17, 15) is 9.18 Å². The fraction of sp³-hybridized carbons (Fsp3) is 0.300. The molecule has 1 aromatic heterocycles. The second-order valence-corrected chi connectivity index (χ2v) is 7.58. The van der Waals surface area contributed by atoms with Crippen LogP contribution in [0, 0.1) is 11.7 Å². The maximum Gasteiger partial charge on any atom is 0.223 e. The average molecular weight is 369 g/mol. The highest BCUT2D eigenvalue weighted by molar-refractivity contribution is 7.22. The van der Waals surface area contributed by atoms with Crippen molar-refractivity contribution in [2.75, 3.05) is 18.0 Å². The summed E-state index contributed by atoms with van der Waals surface area (Å²) in [4.78, 5) is 19.4. The van der Waals surface area contributed by atoms with Crippen molar-refractivity contribution in [2.24, 2.45) is 5.92 Å². The Kier molecular flexibility index (Phi) is 4.84. The van der Waals surface area contributed by atoms with Crippen LogP contribution in [-0.4, -0.2) is 24.0 Å². The molecule has 4 rings (SSSR count). The molecule has 4 nitrogen and oxygen atoms in total. The zero-order chi connectivity index (χ0) is 17.9. The van der Waals surface area contributed by atoms with E-state index in [-0.39, 0.29) is 17.6 Å². The van der Waals surface area contributed by atoms with Gasteiger partial charge in [0, 0.05) is 25.6 Å². The van der Waals surface area contributed by atoms with E-state index in [2.05, 4.69) is 16.3 Å². The van der Waals surface area contributed by atoms with Gasteiger partial charge in [0.1, 0.15) is 5.82 Å². The Hall–Kier alpha value is -2.47. The Labute approximate surface area is 155 Å². The number of benzene rings is 2. The second kappa shape index (κ2) is 7.41. The van der Waals surface area contributed by atoms with Crippen LogP contribution < -0.4 is 10.2 Å². The lowest BCUT2D eigenvalue weighted by Gasteiger charge is -2.31. The number of nitrogens with one attached hydrogen (secondary N) is 1. The number of carbonyl (C=O) groups excluding carboxylic acids is 1. The molecular weight excluding hydrogens is 349 g/mol. The summed E-state index contributed by atoms with van der Waals surface area (Å²) in [6.45, 7) is 2.13. The largest absolute Gasteiger partial charge is 0.352 e. The number of carbonyl (C=O) groups is 1. The fourth-order valence-corrected chi connectivity index (χ4v) is 4.28. The SMILES string of the molecule is O=C(NCc1ccc(F)cc1)C1CCN(c2nc3ccccc3s2)CC1. The lowest BCUT2D eigenvalue weighted by molar-refractivity contribution is -0.125. The third-order valence-electron chi connectivity index (χ3n) is 4.80. The molecule has 2 heterocycles. The van der Waals surface area contributed by atoms with Crippen molar-refractivity contribution in [1.29, 1.82) is 0 Å². The van der Waals surface area contributed by atoms with Crippen molar-refractivity contribution in [3.8, 4) is 0 Å². The van der Waals surface area contributed by atoms with E-state index in [1.807, 2.05) is 18.2 Å². The average Bonchev–Trinajstić information content (AvgIpc) is 3.12. The van der Waals surface area contributed by atoms with Gasteiger partial charge in [0.15, 0.2) is 5.13 Å². The van der Waals surface area contributed by atoms with E-state index in [0.717, 1.165) is 42.1 Å². The molecule has 0 atom stereocenters. The first kappa shape index (κ1) is 17.0. The van der Waals surface area contributed by atoms with E-state index < -0.39 is 0 Å². The predicted molar refractivity (Wildman–Crippen MR) is 103 cm³/mol. The highest BCUT2D eigenvalue weighted by atomic mass is 32.1. The van der Waals surface area contributed by atoms with E-state index >= 15 is 0 Å². The van der Waals surface area contributed by atoms with E-state index in [1.54, 1.807) is 23.5 Å². The maximum absolute atomic E-state index is 12.9. The van der Waals surface area contributed by atoms with Crippen LogP contribution in [0.15, 0.2) is 48.5 Å².